The van der Waals surface area contributed by atoms with E-state index in [0.717, 1.165) is 16.6 Å². The van der Waals surface area contributed by atoms with E-state index in [0.29, 0.717) is 5.56 Å². The molecule has 1 unspecified atom stereocenters. The van der Waals surface area contributed by atoms with Crippen LogP contribution in [0.1, 0.15) is 52.9 Å². The lowest BCUT2D eigenvalue weighted by Gasteiger charge is -2.21. The summed E-state index contributed by atoms with van der Waals surface area (Å²) in [5, 5.41) is 10.1. The average Bonchev–Trinajstić information content (AvgIpc) is 2.53. The van der Waals surface area contributed by atoms with Gasteiger partial charge in [-0.1, -0.05) is 31.4 Å². The van der Waals surface area contributed by atoms with Gasteiger partial charge in [0.1, 0.15) is 0 Å². The molecule has 2 nitrogen and oxygen atoms in total. The molecule has 0 saturated heterocycles. The Hall–Kier alpha value is -0.510. The van der Waals surface area contributed by atoms with Crippen LogP contribution in [0.3, 0.4) is 0 Å². The molecule has 106 valence electrons. The van der Waals surface area contributed by atoms with E-state index >= 15 is 0 Å². The Morgan fingerprint density at radius 2 is 2.16 bits per heavy atom. The zero-order chi connectivity index (χ0) is 15.3. The quantitative estimate of drug-likeness (QED) is 0.781. The summed E-state index contributed by atoms with van der Waals surface area (Å²) in [6.07, 6.45) is 3.76. The van der Waals surface area contributed by atoms with Crippen molar-refractivity contribution in [1.82, 2.24) is 0 Å². The van der Waals surface area contributed by atoms with Crippen molar-refractivity contribution in [3.63, 3.8) is 0 Å². The fourth-order valence-electron chi connectivity index (χ4n) is 2.57. The number of aliphatic hydroxyl groups is 1. The highest BCUT2D eigenvalue weighted by Crippen LogP contribution is 2.31. The molecular weight excluding hydrogens is 254 g/mol. The zero-order valence-corrected chi connectivity index (χ0v) is 12.2. The van der Waals surface area contributed by atoms with E-state index in [1.807, 2.05) is 30.0 Å². The Morgan fingerprint density at radius 1 is 1.37 bits per heavy atom. The van der Waals surface area contributed by atoms with Gasteiger partial charge in [0.25, 0.3) is 0 Å². The summed E-state index contributed by atoms with van der Waals surface area (Å²) in [5.74, 6) is 1.91. The zero-order valence-electron chi connectivity index (χ0n) is 13.3. The number of hydrogen-bond donors (Lipinski definition) is 2. The first-order valence-corrected chi connectivity index (χ1v) is 8.12. The maximum Gasteiger partial charge on any atom is 0.0802 e. The van der Waals surface area contributed by atoms with Gasteiger partial charge in [0, 0.05) is 13.4 Å². The molecule has 0 bridgehead atoms. The van der Waals surface area contributed by atoms with Crippen LogP contribution >= 0.6 is 11.8 Å². The second-order valence-electron chi connectivity index (χ2n) is 5.20. The fraction of sp³-hybridized carbons (Fsp3) is 0.625. The first-order valence-electron chi connectivity index (χ1n) is 8.14. The number of nitrogens with two attached hydrogens (primary N) is 1. The van der Waals surface area contributed by atoms with Gasteiger partial charge in [0.2, 0.25) is 0 Å². The van der Waals surface area contributed by atoms with Gasteiger partial charge in [0.05, 0.1) is 6.10 Å². The highest BCUT2D eigenvalue weighted by molar-refractivity contribution is 7.99. The van der Waals surface area contributed by atoms with Crippen molar-refractivity contribution in [2.75, 3.05) is 12.3 Å². The molecule has 1 atom stereocenters. The molecule has 1 aliphatic carbocycles. The Morgan fingerprint density at radius 3 is 2.89 bits per heavy atom. The highest BCUT2D eigenvalue weighted by Gasteiger charge is 2.14. The van der Waals surface area contributed by atoms with Gasteiger partial charge in [-0.3, -0.25) is 0 Å². The normalized spacial score (nSPS) is 20.7. The molecule has 0 heterocycles. The van der Waals surface area contributed by atoms with Crippen molar-refractivity contribution in [3.05, 3.63) is 29.8 Å². The summed E-state index contributed by atoms with van der Waals surface area (Å²) in [4.78, 5) is 1.10. The van der Waals surface area contributed by atoms with Crippen LogP contribution in [0, 0.1) is 5.92 Å². The molecule has 3 heteroatoms. The lowest BCUT2D eigenvalue weighted by molar-refractivity contribution is 0.170. The molecule has 0 radical (unpaired) electrons. The Kier molecular flexibility index (Phi) is 5.11. The van der Waals surface area contributed by atoms with E-state index in [2.05, 4.69) is 0 Å². The summed E-state index contributed by atoms with van der Waals surface area (Å²) in [6.45, 7) is -0.187. The molecule has 1 aromatic rings. The Bertz CT molecular complexity index is 450. The van der Waals surface area contributed by atoms with E-state index in [4.69, 9.17) is 8.48 Å². The SMILES string of the molecule is [2H]C([2H])(CN)C(O)c1cccc(SCC2CCCCC2)c1. The highest BCUT2D eigenvalue weighted by atomic mass is 32.2. The van der Waals surface area contributed by atoms with Crippen molar-refractivity contribution >= 4 is 11.8 Å². The van der Waals surface area contributed by atoms with Gasteiger partial charge in [-0.2, -0.15) is 0 Å². The molecule has 19 heavy (non-hydrogen) atoms. The Balaban J connectivity index is 1.97. The number of benzene rings is 1. The predicted octanol–water partition coefficient (Wildman–Crippen LogP) is 3.74. The molecule has 1 aliphatic rings. The third kappa shape index (κ3) is 4.83. The van der Waals surface area contributed by atoms with Crippen LogP contribution < -0.4 is 5.73 Å². The molecule has 1 saturated carbocycles. The number of aliphatic hydroxyl groups excluding tert-OH is 1. The molecule has 1 fully saturated rings. The van der Waals surface area contributed by atoms with Gasteiger partial charge in [0.15, 0.2) is 0 Å². The topological polar surface area (TPSA) is 46.2 Å². The number of thioether (sulfide) groups is 1. The van der Waals surface area contributed by atoms with Gasteiger partial charge in [-0.25, -0.2) is 0 Å². The van der Waals surface area contributed by atoms with Crippen LogP contribution in [-0.2, 0) is 0 Å². The maximum atomic E-state index is 10.1. The van der Waals surface area contributed by atoms with Gasteiger partial charge in [-0.15, -0.1) is 11.8 Å². The first kappa shape index (κ1) is 12.2. The molecular formula is C16H25NOS. The molecule has 2 rings (SSSR count). The largest absolute Gasteiger partial charge is 0.388 e. The van der Waals surface area contributed by atoms with E-state index in [9.17, 15) is 5.11 Å². The van der Waals surface area contributed by atoms with Crippen LogP contribution in [0.25, 0.3) is 0 Å². The van der Waals surface area contributed by atoms with Crippen molar-refractivity contribution in [1.29, 1.82) is 0 Å². The van der Waals surface area contributed by atoms with Crippen LogP contribution in [0.15, 0.2) is 29.2 Å². The monoisotopic (exact) mass is 281 g/mol. The average molecular weight is 281 g/mol. The lowest BCUT2D eigenvalue weighted by Crippen LogP contribution is -2.08. The molecule has 0 spiro atoms. The van der Waals surface area contributed by atoms with Crippen molar-refractivity contribution < 1.29 is 7.85 Å². The second-order valence-corrected chi connectivity index (χ2v) is 6.29. The smallest absolute Gasteiger partial charge is 0.0802 e. The predicted molar refractivity (Wildman–Crippen MR) is 82.4 cm³/mol. The molecule has 0 aliphatic heterocycles. The number of hydrogen-bond acceptors (Lipinski definition) is 3. The summed E-state index contributed by atoms with van der Waals surface area (Å²) in [6, 6.07) is 7.57. The van der Waals surface area contributed by atoms with Crippen molar-refractivity contribution in [2.45, 2.75) is 49.5 Å². The Labute approximate surface area is 123 Å². The van der Waals surface area contributed by atoms with E-state index < -0.39 is 12.5 Å². The molecule has 1 aromatic carbocycles. The van der Waals surface area contributed by atoms with E-state index in [1.54, 1.807) is 6.07 Å². The van der Waals surface area contributed by atoms with Gasteiger partial charge < -0.3 is 10.8 Å². The van der Waals surface area contributed by atoms with Crippen LogP contribution in [0.2, 0.25) is 0 Å². The maximum absolute atomic E-state index is 10.1. The summed E-state index contributed by atoms with van der Waals surface area (Å²) in [7, 11) is 0. The minimum absolute atomic E-state index is 0.187. The fourth-order valence-corrected chi connectivity index (χ4v) is 3.73. The van der Waals surface area contributed by atoms with Crippen LogP contribution in [-0.4, -0.2) is 17.4 Å². The minimum Gasteiger partial charge on any atom is -0.388 e. The third-order valence-electron chi connectivity index (χ3n) is 3.70. The van der Waals surface area contributed by atoms with E-state index in [1.165, 1.54) is 32.1 Å². The number of rotatable bonds is 6. The van der Waals surface area contributed by atoms with Crippen LogP contribution in [0.4, 0.5) is 0 Å². The van der Waals surface area contributed by atoms with Crippen molar-refractivity contribution in [2.24, 2.45) is 11.7 Å². The van der Waals surface area contributed by atoms with Gasteiger partial charge >= 0.3 is 0 Å². The summed E-state index contributed by atoms with van der Waals surface area (Å²) in [5.41, 5.74) is 6.01. The molecule has 0 amide bonds. The minimum atomic E-state index is -1.79. The molecule has 3 N–H and O–H groups in total. The van der Waals surface area contributed by atoms with Crippen molar-refractivity contribution in [3.8, 4) is 0 Å². The molecule has 0 aromatic heterocycles. The lowest BCUT2D eigenvalue weighted by atomic mass is 9.91. The second kappa shape index (κ2) is 7.93. The van der Waals surface area contributed by atoms with E-state index in [-0.39, 0.29) is 6.54 Å². The van der Waals surface area contributed by atoms with Crippen LogP contribution in [0.5, 0.6) is 0 Å². The summed E-state index contributed by atoms with van der Waals surface area (Å²) < 4.78 is 15.5. The third-order valence-corrected chi connectivity index (χ3v) is 4.92. The summed E-state index contributed by atoms with van der Waals surface area (Å²) >= 11 is 1.81. The standard InChI is InChI=1S/C16H25NOS/c17-10-9-16(18)14-7-4-8-15(11-14)19-12-13-5-2-1-3-6-13/h4,7-8,11,13,16,18H,1-3,5-6,9-10,12,17H2/i9D2. The first-order chi connectivity index (χ1) is 10.0. The van der Waals surface area contributed by atoms with Gasteiger partial charge in [-0.05, 0) is 49.4 Å².